The fraction of sp³-hybridized carbons (Fsp3) is 0.143. The second-order valence-electron chi connectivity index (χ2n) is 4.33. The van der Waals surface area contributed by atoms with E-state index in [0.29, 0.717) is 22.7 Å². The number of fused-ring (bicyclic) bond motifs is 1. The lowest BCUT2D eigenvalue weighted by Crippen LogP contribution is -2.17. The van der Waals surface area contributed by atoms with Crippen molar-refractivity contribution in [1.82, 2.24) is 13.7 Å². The van der Waals surface area contributed by atoms with Crippen LogP contribution >= 0.6 is 11.8 Å². The van der Waals surface area contributed by atoms with E-state index in [1.54, 1.807) is 50.9 Å². The Hall–Kier alpha value is -2.47. The number of benzene rings is 1. The van der Waals surface area contributed by atoms with Crippen LogP contribution in [-0.2, 0) is 0 Å². The fourth-order valence-corrected chi connectivity index (χ4v) is 2.37. The molecule has 21 heavy (non-hydrogen) atoms. The summed E-state index contributed by atoms with van der Waals surface area (Å²) in [5.41, 5.74) is 1.31. The molecule has 0 aliphatic heterocycles. The molecular formula is C14H12ClN3O3. The average molecular weight is 306 g/mol. The first-order chi connectivity index (χ1) is 10.2. The Morgan fingerprint density at radius 1 is 1.14 bits per heavy atom. The van der Waals surface area contributed by atoms with Crippen LogP contribution in [0, 0.1) is 0 Å². The zero-order chi connectivity index (χ0) is 15.0. The van der Waals surface area contributed by atoms with Gasteiger partial charge in [0.05, 0.1) is 32.3 Å². The lowest BCUT2D eigenvalue weighted by Gasteiger charge is -2.11. The third-order valence-electron chi connectivity index (χ3n) is 3.20. The van der Waals surface area contributed by atoms with Crippen LogP contribution in [0.5, 0.6) is 11.5 Å². The van der Waals surface area contributed by atoms with Crippen LogP contribution in [0.15, 0.2) is 41.5 Å². The third-order valence-corrected chi connectivity index (χ3v) is 3.54. The highest BCUT2D eigenvalue weighted by Gasteiger charge is 2.13. The van der Waals surface area contributed by atoms with Gasteiger partial charge in [0.25, 0.3) is 5.56 Å². The molecule has 3 rings (SSSR count). The van der Waals surface area contributed by atoms with E-state index >= 15 is 0 Å². The summed E-state index contributed by atoms with van der Waals surface area (Å²) >= 11 is 6.12. The maximum atomic E-state index is 12.2. The van der Waals surface area contributed by atoms with Gasteiger partial charge in [-0.15, -0.1) is 0 Å². The second kappa shape index (κ2) is 5.14. The number of methoxy groups -OCH3 is 2. The van der Waals surface area contributed by atoms with Crippen LogP contribution in [-0.4, -0.2) is 27.9 Å². The van der Waals surface area contributed by atoms with Crippen molar-refractivity contribution in [3.05, 3.63) is 47.0 Å². The molecule has 0 fully saturated rings. The molecule has 6 nitrogen and oxygen atoms in total. The first-order valence-electron chi connectivity index (χ1n) is 6.13. The van der Waals surface area contributed by atoms with Crippen LogP contribution in [0.4, 0.5) is 0 Å². The van der Waals surface area contributed by atoms with Gasteiger partial charge in [0, 0.05) is 17.3 Å². The number of hydrogen-bond acceptors (Lipinski definition) is 4. The number of hydrogen-bond donors (Lipinski definition) is 0. The molecule has 0 spiro atoms. The highest BCUT2D eigenvalue weighted by molar-refractivity contribution is 6.17. The van der Waals surface area contributed by atoms with Gasteiger partial charge in [-0.05, 0) is 24.3 Å². The topological polar surface area (TPSA) is 57.8 Å². The average Bonchev–Trinajstić information content (AvgIpc) is 2.98. The summed E-state index contributed by atoms with van der Waals surface area (Å²) in [5, 5.41) is 4.07. The van der Waals surface area contributed by atoms with Gasteiger partial charge in [-0.2, -0.15) is 5.10 Å². The smallest absolute Gasteiger partial charge is 0.291 e. The van der Waals surface area contributed by atoms with Crippen LogP contribution in [0.1, 0.15) is 0 Å². The molecule has 0 N–H and O–H groups in total. The van der Waals surface area contributed by atoms with E-state index in [0.717, 1.165) is 9.65 Å². The maximum absolute atomic E-state index is 12.2. The fourth-order valence-electron chi connectivity index (χ4n) is 2.15. The second-order valence-corrected chi connectivity index (χ2v) is 4.67. The number of aromatic nitrogens is 3. The van der Waals surface area contributed by atoms with Gasteiger partial charge in [0.15, 0.2) is 11.5 Å². The summed E-state index contributed by atoms with van der Waals surface area (Å²) in [6.45, 7) is 0. The molecule has 0 amide bonds. The summed E-state index contributed by atoms with van der Waals surface area (Å²) in [7, 11) is 3.11. The van der Waals surface area contributed by atoms with Gasteiger partial charge < -0.3 is 9.47 Å². The maximum Gasteiger partial charge on any atom is 0.291 e. The van der Waals surface area contributed by atoms with Crippen molar-refractivity contribution >= 4 is 17.3 Å². The minimum atomic E-state index is -0.332. The molecule has 0 aliphatic rings. The van der Waals surface area contributed by atoms with Gasteiger partial charge in [-0.25, -0.2) is 8.60 Å². The van der Waals surface area contributed by atoms with Gasteiger partial charge >= 0.3 is 0 Å². The van der Waals surface area contributed by atoms with Gasteiger partial charge in [0.2, 0.25) is 0 Å². The van der Waals surface area contributed by atoms with Gasteiger partial charge in [-0.3, -0.25) is 4.79 Å². The van der Waals surface area contributed by atoms with Crippen molar-refractivity contribution in [3.8, 4) is 22.8 Å². The summed E-state index contributed by atoms with van der Waals surface area (Å²) in [6.07, 6.45) is 3.23. The Morgan fingerprint density at radius 3 is 2.62 bits per heavy atom. The molecule has 0 unspecified atom stereocenters. The molecule has 3 aromatic rings. The highest BCUT2D eigenvalue weighted by Crippen LogP contribution is 2.32. The highest BCUT2D eigenvalue weighted by atomic mass is 35.5. The zero-order valence-corrected chi connectivity index (χ0v) is 12.2. The SMILES string of the molecule is COc1ccc(-c2cn3nccc3c(=O)n2Cl)cc1OC. The van der Waals surface area contributed by atoms with Crippen LogP contribution in [0.3, 0.4) is 0 Å². The van der Waals surface area contributed by atoms with E-state index in [4.69, 9.17) is 21.3 Å². The Morgan fingerprint density at radius 2 is 1.90 bits per heavy atom. The molecular weight excluding hydrogens is 294 g/mol. The quantitative estimate of drug-likeness (QED) is 0.744. The molecule has 7 heteroatoms. The van der Waals surface area contributed by atoms with Crippen molar-refractivity contribution in [2.75, 3.05) is 14.2 Å². The van der Waals surface area contributed by atoms with E-state index in [1.165, 1.54) is 4.52 Å². The molecule has 0 aliphatic carbocycles. The van der Waals surface area contributed by atoms with Crippen molar-refractivity contribution in [1.29, 1.82) is 0 Å². The number of rotatable bonds is 3. The minimum Gasteiger partial charge on any atom is -0.493 e. The molecule has 0 atom stereocenters. The van der Waals surface area contributed by atoms with E-state index in [9.17, 15) is 4.79 Å². The Bertz CT molecular complexity index is 870. The van der Waals surface area contributed by atoms with Gasteiger partial charge in [-0.1, -0.05) is 0 Å². The summed E-state index contributed by atoms with van der Waals surface area (Å²) in [6, 6.07) is 6.91. The predicted octanol–water partition coefficient (Wildman–Crippen LogP) is 2.18. The molecule has 2 aromatic heterocycles. The summed E-state index contributed by atoms with van der Waals surface area (Å²) in [5.74, 6) is 1.16. The van der Waals surface area contributed by atoms with Crippen molar-refractivity contribution in [3.63, 3.8) is 0 Å². The number of nitrogens with zero attached hydrogens (tertiary/aromatic N) is 3. The Balaban J connectivity index is 2.25. The molecule has 0 bridgehead atoms. The largest absolute Gasteiger partial charge is 0.493 e. The molecule has 0 radical (unpaired) electrons. The number of halogens is 1. The van der Waals surface area contributed by atoms with Gasteiger partial charge in [0.1, 0.15) is 5.52 Å². The van der Waals surface area contributed by atoms with Crippen LogP contribution in [0.25, 0.3) is 16.8 Å². The summed E-state index contributed by atoms with van der Waals surface area (Å²) < 4.78 is 13.0. The molecule has 0 saturated carbocycles. The molecule has 108 valence electrons. The van der Waals surface area contributed by atoms with E-state index in [1.807, 2.05) is 0 Å². The number of ether oxygens (including phenoxy) is 2. The normalized spacial score (nSPS) is 10.8. The standard InChI is InChI=1S/C14H12ClN3O3/c1-20-12-4-3-9(7-13(12)21-2)11-8-17-10(5-6-16-17)14(19)18(11)15/h3-8H,1-2H3. The molecule has 2 heterocycles. The Labute approximate surface area is 125 Å². The lowest BCUT2D eigenvalue weighted by molar-refractivity contribution is 0.355. The van der Waals surface area contributed by atoms with E-state index in [-0.39, 0.29) is 5.56 Å². The van der Waals surface area contributed by atoms with Crippen LogP contribution in [0.2, 0.25) is 0 Å². The monoisotopic (exact) mass is 305 g/mol. The van der Waals surface area contributed by atoms with Crippen molar-refractivity contribution in [2.45, 2.75) is 0 Å². The minimum absolute atomic E-state index is 0.332. The summed E-state index contributed by atoms with van der Waals surface area (Å²) in [4.78, 5) is 12.2. The van der Waals surface area contributed by atoms with Crippen molar-refractivity contribution in [2.24, 2.45) is 0 Å². The zero-order valence-electron chi connectivity index (χ0n) is 11.4. The van der Waals surface area contributed by atoms with Crippen molar-refractivity contribution < 1.29 is 9.47 Å². The molecule has 0 saturated heterocycles. The first kappa shape index (κ1) is 13.5. The predicted molar refractivity (Wildman–Crippen MR) is 79.2 cm³/mol. The van der Waals surface area contributed by atoms with Crippen LogP contribution < -0.4 is 15.0 Å². The lowest BCUT2D eigenvalue weighted by atomic mass is 10.1. The Kier molecular flexibility index (Phi) is 3.31. The first-order valence-corrected chi connectivity index (χ1v) is 6.47. The van der Waals surface area contributed by atoms with E-state index in [2.05, 4.69) is 5.10 Å². The third kappa shape index (κ3) is 2.13. The molecule has 1 aromatic carbocycles. The van der Waals surface area contributed by atoms with E-state index < -0.39 is 0 Å².